The zero-order valence-electron chi connectivity index (χ0n) is 15.2. The van der Waals surface area contributed by atoms with Gasteiger partial charge in [-0.05, 0) is 30.3 Å². The van der Waals surface area contributed by atoms with Gasteiger partial charge in [0.25, 0.3) is 0 Å². The Labute approximate surface area is 154 Å². The van der Waals surface area contributed by atoms with Gasteiger partial charge >= 0.3 is 6.09 Å². The van der Waals surface area contributed by atoms with Crippen molar-refractivity contribution >= 4 is 11.8 Å². The van der Waals surface area contributed by atoms with E-state index in [0.29, 0.717) is 13.1 Å². The van der Waals surface area contributed by atoms with Crippen LogP contribution in [0.15, 0.2) is 54.6 Å². The summed E-state index contributed by atoms with van der Waals surface area (Å²) >= 11 is 0. The van der Waals surface area contributed by atoms with E-state index in [2.05, 4.69) is 41.1 Å². The van der Waals surface area contributed by atoms with E-state index in [4.69, 9.17) is 4.74 Å². The molecule has 4 rings (SSSR count). The summed E-state index contributed by atoms with van der Waals surface area (Å²) < 4.78 is 5.56. The molecule has 2 aliphatic rings. The number of piperazine rings is 1. The fourth-order valence-corrected chi connectivity index (χ4v) is 3.61. The lowest BCUT2D eigenvalue weighted by Crippen LogP contribution is -2.44. The SMILES string of the molecule is CN1CCN(c2cccc(CN3C[C@@H](c4ccccc4)OC3=O)c2)CC1. The van der Waals surface area contributed by atoms with Gasteiger partial charge in [0.05, 0.1) is 6.54 Å². The molecule has 0 aliphatic carbocycles. The largest absolute Gasteiger partial charge is 0.439 e. The molecule has 2 saturated heterocycles. The molecule has 5 heteroatoms. The van der Waals surface area contributed by atoms with Gasteiger partial charge in [0, 0.05) is 38.4 Å². The minimum atomic E-state index is -0.233. The fourth-order valence-electron chi connectivity index (χ4n) is 3.61. The monoisotopic (exact) mass is 351 g/mol. The van der Waals surface area contributed by atoms with Crippen molar-refractivity contribution < 1.29 is 9.53 Å². The molecule has 2 heterocycles. The first kappa shape index (κ1) is 16.9. The van der Waals surface area contributed by atoms with E-state index < -0.39 is 0 Å². The number of anilines is 1. The van der Waals surface area contributed by atoms with Crippen LogP contribution in [0.1, 0.15) is 17.2 Å². The lowest BCUT2D eigenvalue weighted by molar-refractivity contribution is 0.132. The van der Waals surface area contributed by atoms with Crippen LogP contribution in [0.5, 0.6) is 0 Å². The van der Waals surface area contributed by atoms with Gasteiger partial charge in [-0.3, -0.25) is 4.90 Å². The Balaban J connectivity index is 1.43. The van der Waals surface area contributed by atoms with Crippen LogP contribution in [0.3, 0.4) is 0 Å². The molecule has 0 bridgehead atoms. The van der Waals surface area contributed by atoms with Crippen molar-refractivity contribution in [1.29, 1.82) is 0 Å². The molecular weight excluding hydrogens is 326 g/mol. The summed E-state index contributed by atoms with van der Waals surface area (Å²) in [4.78, 5) is 18.8. The second kappa shape index (κ2) is 7.38. The van der Waals surface area contributed by atoms with E-state index in [1.165, 1.54) is 5.69 Å². The van der Waals surface area contributed by atoms with Crippen molar-refractivity contribution in [3.8, 4) is 0 Å². The molecule has 0 radical (unpaired) electrons. The van der Waals surface area contributed by atoms with Crippen molar-refractivity contribution in [2.45, 2.75) is 12.6 Å². The molecule has 5 nitrogen and oxygen atoms in total. The number of rotatable bonds is 4. The summed E-state index contributed by atoms with van der Waals surface area (Å²) in [5.74, 6) is 0. The van der Waals surface area contributed by atoms with Crippen molar-refractivity contribution in [2.75, 3.05) is 44.7 Å². The van der Waals surface area contributed by atoms with Crippen LogP contribution in [0, 0.1) is 0 Å². The molecule has 0 aromatic heterocycles. The number of hydrogen-bond acceptors (Lipinski definition) is 4. The molecule has 2 aromatic rings. The second-order valence-electron chi connectivity index (χ2n) is 7.12. The third-order valence-electron chi connectivity index (χ3n) is 5.21. The summed E-state index contributed by atoms with van der Waals surface area (Å²) in [5.41, 5.74) is 3.43. The zero-order chi connectivity index (χ0) is 17.9. The van der Waals surface area contributed by atoms with E-state index in [-0.39, 0.29) is 12.2 Å². The third kappa shape index (κ3) is 3.68. The van der Waals surface area contributed by atoms with Crippen LogP contribution < -0.4 is 4.90 Å². The number of amides is 1. The average molecular weight is 351 g/mol. The summed E-state index contributed by atoms with van der Waals surface area (Å²) in [6.45, 7) is 5.44. The van der Waals surface area contributed by atoms with E-state index in [1.54, 1.807) is 4.90 Å². The Hall–Kier alpha value is -2.53. The molecule has 0 unspecified atom stereocenters. The maximum Gasteiger partial charge on any atom is 0.410 e. The van der Waals surface area contributed by atoms with Crippen LogP contribution >= 0.6 is 0 Å². The van der Waals surface area contributed by atoms with Crippen molar-refractivity contribution in [1.82, 2.24) is 9.80 Å². The molecule has 1 atom stereocenters. The van der Waals surface area contributed by atoms with Gasteiger partial charge in [-0.25, -0.2) is 4.79 Å². The smallest absolute Gasteiger partial charge is 0.410 e. The van der Waals surface area contributed by atoms with Crippen molar-refractivity contribution in [3.05, 3.63) is 65.7 Å². The molecule has 136 valence electrons. The standard InChI is InChI=1S/C21H25N3O2/c1-22-10-12-23(13-11-22)19-9-5-6-17(14-19)15-24-16-20(26-21(24)25)18-7-3-2-4-8-18/h2-9,14,20H,10-13,15-16H2,1H3/t20-/m0/s1. The Bertz CT molecular complexity index is 757. The highest BCUT2D eigenvalue weighted by molar-refractivity contribution is 5.70. The van der Waals surface area contributed by atoms with Crippen molar-refractivity contribution in [3.63, 3.8) is 0 Å². The van der Waals surface area contributed by atoms with Crippen molar-refractivity contribution in [2.24, 2.45) is 0 Å². The van der Waals surface area contributed by atoms with Crippen LogP contribution in [0.4, 0.5) is 10.5 Å². The number of hydrogen-bond donors (Lipinski definition) is 0. The maximum absolute atomic E-state index is 12.3. The molecule has 2 fully saturated rings. The Kier molecular flexibility index (Phi) is 4.80. The number of carbonyl (C=O) groups is 1. The number of cyclic esters (lactones) is 1. The molecule has 2 aliphatic heterocycles. The molecule has 0 spiro atoms. The number of carbonyl (C=O) groups excluding carboxylic acids is 1. The van der Waals surface area contributed by atoms with Crippen LogP contribution in [0.2, 0.25) is 0 Å². The lowest BCUT2D eigenvalue weighted by atomic mass is 10.1. The topological polar surface area (TPSA) is 36.0 Å². The van der Waals surface area contributed by atoms with Gasteiger partial charge in [-0.1, -0.05) is 42.5 Å². The first-order valence-electron chi connectivity index (χ1n) is 9.22. The first-order valence-corrected chi connectivity index (χ1v) is 9.22. The van der Waals surface area contributed by atoms with Crippen LogP contribution in [-0.4, -0.2) is 55.7 Å². The summed E-state index contributed by atoms with van der Waals surface area (Å²) in [5, 5.41) is 0. The third-order valence-corrected chi connectivity index (χ3v) is 5.21. The number of nitrogens with zero attached hydrogens (tertiary/aromatic N) is 3. The molecular formula is C21H25N3O2. The summed E-state index contributed by atoms with van der Waals surface area (Å²) in [7, 11) is 2.16. The Morgan fingerprint density at radius 1 is 1.00 bits per heavy atom. The number of ether oxygens (including phenoxy) is 1. The van der Waals surface area contributed by atoms with E-state index in [0.717, 1.165) is 37.3 Å². The second-order valence-corrected chi connectivity index (χ2v) is 7.12. The predicted molar refractivity (Wildman–Crippen MR) is 102 cm³/mol. The Morgan fingerprint density at radius 2 is 1.77 bits per heavy atom. The fraction of sp³-hybridized carbons (Fsp3) is 0.381. The van der Waals surface area contributed by atoms with E-state index in [9.17, 15) is 4.79 Å². The Morgan fingerprint density at radius 3 is 2.54 bits per heavy atom. The molecule has 0 N–H and O–H groups in total. The first-order chi connectivity index (χ1) is 12.7. The molecule has 0 saturated carbocycles. The lowest BCUT2D eigenvalue weighted by Gasteiger charge is -2.34. The quantitative estimate of drug-likeness (QED) is 0.848. The molecule has 1 amide bonds. The number of benzene rings is 2. The highest BCUT2D eigenvalue weighted by Crippen LogP contribution is 2.28. The van der Waals surface area contributed by atoms with Crippen LogP contribution in [-0.2, 0) is 11.3 Å². The predicted octanol–water partition coefficient (Wildman–Crippen LogP) is 3.13. The summed E-state index contributed by atoms with van der Waals surface area (Å²) in [6, 6.07) is 18.5. The van der Waals surface area contributed by atoms with Gasteiger partial charge in [0.1, 0.15) is 6.10 Å². The normalized spacial score (nSPS) is 21.1. The van der Waals surface area contributed by atoms with Gasteiger partial charge in [-0.2, -0.15) is 0 Å². The highest BCUT2D eigenvalue weighted by atomic mass is 16.6. The van der Waals surface area contributed by atoms with Gasteiger partial charge in [0.15, 0.2) is 0 Å². The summed E-state index contributed by atoms with van der Waals surface area (Å²) in [6.07, 6.45) is -0.409. The molecule has 2 aromatic carbocycles. The minimum Gasteiger partial charge on any atom is -0.439 e. The highest BCUT2D eigenvalue weighted by Gasteiger charge is 2.32. The van der Waals surface area contributed by atoms with E-state index >= 15 is 0 Å². The van der Waals surface area contributed by atoms with Crippen LogP contribution in [0.25, 0.3) is 0 Å². The van der Waals surface area contributed by atoms with Gasteiger partial charge in [0.2, 0.25) is 0 Å². The van der Waals surface area contributed by atoms with E-state index in [1.807, 2.05) is 30.3 Å². The minimum absolute atomic E-state index is 0.176. The van der Waals surface area contributed by atoms with Gasteiger partial charge in [-0.15, -0.1) is 0 Å². The number of likely N-dealkylation sites (N-methyl/N-ethyl adjacent to an activating group) is 1. The maximum atomic E-state index is 12.3. The zero-order valence-corrected chi connectivity index (χ0v) is 15.2. The average Bonchev–Trinajstić information content (AvgIpc) is 3.04. The van der Waals surface area contributed by atoms with Gasteiger partial charge < -0.3 is 14.5 Å². The molecule has 26 heavy (non-hydrogen) atoms.